The highest BCUT2D eigenvalue weighted by Gasteiger charge is 2.42. The maximum Gasteiger partial charge on any atom is 0.407 e. The van der Waals surface area contributed by atoms with Gasteiger partial charge in [0.05, 0.1) is 0 Å². The Labute approximate surface area is 145 Å². The number of anilines is 1. The summed E-state index contributed by atoms with van der Waals surface area (Å²) in [6.07, 6.45) is 6.28. The van der Waals surface area contributed by atoms with Crippen LogP contribution in [0.4, 0.5) is 10.5 Å². The average Bonchev–Trinajstić information content (AvgIpc) is 2.81. The number of carbonyl (C=O) groups is 1. The second-order valence-corrected chi connectivity index (χ2v) is 8.21. The minimum absolute atomic E-state index is 0.331. The lowest BCUT2D eigenvalue weighted by atomic mass is 9.71. The van der Waals surface area contributed by atoms with E-state index in [1.54, 1.807) is 0 Å². The molecule has 24 heavy (non-hydrogen) atoms. The van der Waals surface area contributed by atoms with Crippen molar-refractivity contribution in [1.82, 2.24) is 5.32 Å². The number of benzene rings is 1. The first-order valence-corrected chi connectivity index (χ1v) is 9.21. The smallest absolute Gasteiger partial charge is 0.407 e. The molecule has 1 aromatic rings. The van der Waals surface area contributed by atoms with Gasteiger partial charge in [-0.25, -0.2) is 4.79 Å². The highest BCUT2D eigenvalue weighted by molar-refractivity contribution is 5.68. The van der Waals surface area contributed by atoms with Gasteiger partial charge in [0.15, 0.2) is 0 Å². The molecular weight excluding hydrogens is 300 g/mol. The quantitative estimate of drug-likeness (QED) is 0.901. The van der Waals surface area contributed by atoms with E-state index in [0.29, 0.717) is 12.0 Å². The third kappa shape index (κ3) is 3.68. The Morgan fingerprint density at radius 3 is 2.62 bits per heavy atom. The Balaban J connectivity index is 1.62. The lowest BCUT2D eigenvalue weighted by Crippen LogP contribution is -2.40. The van der Waals surface area contributed by atoms with Gasteiger partial charge in [-0.2, -0.15) is 0 Å². The normalized spacial score (nSPS) is 19.2. The van der Waals surface area contributed by atoms with Gasteiger partial charge < -0.3 is 15.0 Å². The number of alkyl carbamates (subject to hydrolysis) is 1. The van der Waals surface area contributed by atoms with Crippen LogP contribution in [-0.4, -0.2) is 31.3 Å². The third-order valence-corrected chi connectivity index (χ3v) is 5.17. The van der Waals surface area contributed by atoms with E-state index in [4.69, 9.17) is 4.74 Å². The summed E-state index contributed by atoms with van der Waals surface area (Å²) in [6, 6.07) is 8.82. The summed E-state index contributed by atoms with van der Waals surface area (Å²) >= 11 is 0. The standard InChI is InChI=1S/C20H30N2O2/c1-19(2,3)24-18(23)21-13-14-22-15-20(11-7-4-8-12-20)16-9-5-6-10-17(16)22/h5-6,9-10H,4,7-8,11-15H2,1-3H3,(H,21,23). The van der Waals surface area contributed by atoms with E-state index in [1.807, 2.05) is 20.8 Å². The topological polar surface area (TPSA) is 41.6 Å². The zero-order valence-electron chi connectivity index (χ0n) is 15.2. The zero-order valence-corrected chi connectivity index (χ0v) is 15.2. The monoisotopic (exact) mass is 330 g/mol. The molecule has 0 atom stereocenters. The number of nitrogens with one attached hydrogen (secondary N) is 1. The molecule has 1 fully saturated rings. The van der Waals surface area contributed by atoms with Crippen molar-refractivity contribution in [2.45, 2.75) is 63.9 Å². The summed E-state index contributed by atoms with van der Waals surface area (Å²) in [5.74, 6) is 0. The van der Waals surface area contributed by atoms with E-state index in [1.165, 1.54) is 43.4 Å². The maximum atomic E-state index is 11.8. The lowest BCUT2D eigenvalue weighted by Gasteiger charge is -2.34. The molecule has 0 saturated heterocycles. The van der Waals surface area contributed by atoms with Crippen LogP contribution < -0.4 is 10.2 Å². The molecule has 0 unspecified atom stereocenters. The molecule has 1 spiro atoms. The van der Waals surface area contributed by atoms with E-state index < -0.39 is 5.60 Å². The highest BCUT2D eigenvalue weighted by Crippen LogP contribution is 2.48. The van der Waals surface area contributed by atoms with Gasteiger partial charge in [-0.05, 0) is 45.2 Å². The minimum Gasteiger partial charge on any atom is -0.444 e. The van der Waals surface area contributed by atoms with Crippen LogP contribution in [0.15, 0.2) is 24.3 Å². The molecule has 4 nitrogen and oxygen atoms in total. The Kier molecular flexibility index (Phi) is 4.75. The summed E-state index contributed by atoms with van der Waals surface area (Å²) < 4.78 is 5.31. The number of para-hydroxylation sites is 1. The number of hydrogen-bond donors (Lipinski definition) is 1. The third-order valence-electron chi connectivity index (χ3n) is 5.17. The second-order valence-electron chi connectivity index (χ2n) is 8.21. The number of carbonyl (C=O) groups excluding carboxylic acids is 1. The van der Waals surface area contributed by atoms with E-state index >= 15 is 0 Å². The van der Waals surface area contributed by atoms with Gasteiger partial charge in [-0.15, -0.1) is 0 Å². The molecule has 1 aromatic carbocycles. The van der Waals surface area contributed by atoms with Crippen molar-refractivity contribution >= 4 is 11.8 Å². The summed E-state index contributed by atoms with van der Waals surface area (Å²) in [6.45, 7) is 8.18. The molecule has 3 rings (SSSR count). The summed E-state index contributed by atoms with van der Waals surface area (Å²) in [5.41, 5.74) is 2.75. The van der Waals surface area contributed by atoms with Crippen molar-refractivity contribution in [2.24, 2.45) is 0 Å². The fraction of sp³-hybridized carbons (Fsp3) is 0.650. The van der Waals surface area contributed by atoms with Crippen molar-refractivity contribution in [3.05, 3.63) is 29.8 Å². The Morgan fingerprint density at radius 1 is 1.21 bits per heavy atom. The second kappa shape index (κ2) is 6.66. The molecule has 1 aliphatic carbocycles. The Morgan fingerprint density at radius 2 is 1.92 bits per heavy atom. The van der Waals surface area contributed by atoms with Crippen LogP contribution in [0.3, 0.4) is 0 Å². The van der Waals surface area contributed by atoms with Gasteiger partial charge in [0.2, 0.25) is 0 Å². The molecular formula is C20H30N2O2. The van der Waals surface area contributed by atoms with E-state index in [-0.39, 0.29) is 6.09 Å². The molecule has 1 amide bonds. The average molecular weight is 330 g/mol. The number of amides is 1. The lowest BCUT2D eigenvalue weighted by molar-refractivity contribution is 0.0529. The minimum atomic E-state index is -0.448. The molecule has 1 N–H and O–H groups in total. The fourth-order valence-electron chi connectivity index (χ4n) is 4.20. The fourth-order valence-corrected chi connectivity index (χ4v) is 4.20. The predicted molar refractivity (Wildman–Crippen MR) is 97.7 cm³/mol. The first kappa shape index (κ1) is 17.1. The van der Waals surface area contributed by atoms with Crippen LogP contribution in [0.1, 0.15) is 58.4 Å². The van der Waals surface area contributed by atoms with Gasteiger partial charge >= 0.3 is 6.09 Å². The molecule has 1 saturated carbocycles. The number of rotatable bonds is 3. The van der Waals surface area contributed by atoms with Gasteiger partial charge in [-0.1, -0.05) is 37.5 Å². The van der Waals surface area contributed by atoms with Gasteiger partial charge in [-0.3, -0.25) is 0 Å². The summed E-state index contributed by atoms with van der Waals surface area (Å²) in [7, 11) is 0. The van der Waals surface area contributed by atoms with Crippen molar-refractivity contribution in [3.8, 4) is 0 Å². The largest absolute Gasteiger partial charge is 0.444 e. The highest BCUT2D eigenvalue weighted by atomic mass is 16.6. The van der Waals surface area contributed by atoms with E-state index in [0.717, 1.165) is 13.1 Å². The zero-order chi connectivity index (χ0) is 17.2. The van der Waals surface area contributed by atoms with Crippen LogP contribution in [-0.2, 0) is 10.2 Å². The molecule has 0 bridgehead atoms. The van der Waals surface area contributed by atoms with E-state index in [9.17, 15) is 4.79 Å². The molecule has 4 heteroatoms. The number of hydrogen-bond acceptors (Lipinski definition) is 3. The van der Waals surface area contributed by atoms with Crippen molar-refractivity contribution in [3.63, 3.8) is 0 Å². The van der Waals surface area contributed by atoms with Crippen LogP contribution in [0, 0.1) is 0 Å². The molecule has 1 heterocycles. The molecule has 2 aliphatic rings. The van der Waals surface area contributed by atoms with Gasteiger partial charge in [0.1, 0.15) is 5.60 Å². The SMILES string of the molecule is CC(C)(C)OC(=O)NCCN1CC2(CCCCC2)c2ccccc21. The van der Waals surface area contributed by atoms with Crippen LogP contribution in [0.2, 0.25) is 0 Å². The van der Waals surface area contributed by atoms with E-state index in [2.05, 4.69) is 34.5 Å². The van der Waals surface area contributed by atoms with Crippen LogP contribution in [0.5, 0.6) is 0 Å². The maximum absolute atomic E-state index is 11.8. The predicted octanol–water partition coefficient (Wildman–Crippen LogP) is 4.23. The summed E-state index contributed by atoms with van der Waals surface area (Å²) in [5, 5.41) is 2.89. The molecule has 132 valence electrons. The van der Waals surface area contributed by atoms with Crippen molar-refractivity contribution < 1.29 is 9.53 Å². The van der Waals surface area contributed by atoms with Crippen LogP contribution >= 0.6 is 0 Å². The first-order chi connectivity index (χ1) is 11.4. The molecule has 0 radical (unpaired) electrons. The molecule has 1 aliphatic heterocycles. The first-order valence-electron chi connectivity index (χ1n) is 9.21. The number of fused-ring (bicyclic) bond motifs is 2. The Bertz CT molecular complexity index is 586. The number of ether oxygens (including phenoxy) is 1. The summed E-state index contributed by atoms with van der Waals surface area (Å²) in [4.78, 5) is 14.3. The van der Waals surface area contributed by atoms with Crippen LogP contribution in [0.25, 0.3) is 0 Å². The van der Waals surface area contributed by atoms with Crippen molar-refractivity contribution in [2.75, 3.05) is 24.5 Å². The Hall–Kier alpha value is -1.71. The number of nitrogens with zero attached hydrogens (tertiary/aromatic N) is 1. The van der Waals surface area contributed by atoms with Crippen molar-refractivity contribution in [1.29, 1.82) is 0 Å². The van der Waals surface area contributed by atoms with Gasteiger partial charge in [0, 0.05) is 30.7 Å². The molecule has 0 aromatic heterocycles. The van der Waals surface area contributed by atoms with Gasteiger partial charge in [0.25, 0.3) is 0 Å².